The van der Waals surface area contributed by atoms with E-state index in [4.69, 9.17) is 11.6 Å². The van der Waals surface area contributed by atoms with Gasteiger partial charge in [-0.25, -0.2) is 0 Å². The molecule has 1 N–H and O–H groups in total. The van der Waals surface area contributed by atoms with Crippen LogP contribution in [0.2, 0.25) is 5.02 Å². The summed E-state index contributed by atoms with van der Waals surface area (Å²) >= 11 is 5.86. The zero-order valence-electron chi connectivity index (χ0n) is 8.71. The largest absolute Gasteiger partial charge is 0.322 e. The van der Waals surface area contributed by atoms with Crippen molar-refractivity contribution in [2.45, 2.75) is 13.3 Å². The summed E-state index contributed by atoms with van der Waals surface area (Å²) in [6.45, 7) is 1.46. The van der Waals surface area contributed by atoms with Crippen molar-refractivity contribution in [1.29, 1.82) is 0 Å². The van der Waals surface area contributed by atoms with Crippen LogP contribution in [0.15, 0.2) is 29.1 Å². The minimum atomic E-state index is -0.218. The summed E-state index contributed by atoms with van der Waals surface area (Å²) in [4.78, 5) is 25.3. The van der Waals surface area contributed by atoms with Crippen molar-refractivity contribution >= 4 is 28.3 Å². The Hall–Kier alpha value is -1.61. The van der Waals surface area contributed by atoms with E-state index in [9.17, 15) is 9.59 Å². The number of carbonyl (C=O) groups excluding carboxylic acids is 1. The monoisotopic (exact) mass is 235 g/mol. The molecule has 1 heterocycles. The minimum absolute atomic E-state index is 0.0353. The predicted molar refractivity (Wildman–Crippen MR) is 64.0 cm³/mol. The quantitative estimate of drug-likeness (QED) is 0.869. The Morgan fingerprint density at radius 1 is 1.38 bits per heavy atom. The van der Waals surface area contributed by atoms with Gasteiger partial charge in [-0.3, -0.25) is 9.59 Å². The summed E-state index contributed by atoms with van der Waals surface area (Å²) < 4.78 is 0. The number of hydrogen-bond acceptors (Lipinski definition) is 2. The maximum atomic E-state index is 11.6. The standard InChI is InChI=1S/C12H10ClNO2/c1-7(15)4-9-5-8-6-10(13)2-3-11(8)14-12(9)16/h2-3,5-6H,4H2,1H3,(H,14,16). The molecule has 1 aromatic carbocycles. The number of benzene rings is 1. The van der Waals surface area contributed by atoms with Crippen LogP contribution < -0.4 is 5.56 Å². The molecule has 0 unspecified atom stereocenters. The maximum Gasteiger partial charge on any atom is 0.252 e. The Kier molecular flexibility index (Phi) is 2.79. The number of halogens is 1. The van der Waals surface area contributed by atoms with Gasteiger partial charge in [0.05, 0.1) is 0 Å². The number of hydrogen-bond donors (Lipinski definition) is 1. The SMILES string of the molecule is CC(=O)Cc1cc2cc(Cl)ccc2[nH]c1=O. The van der Waals surface area contributed by atoms with Crippen LogP contribution in [0.4, 0.5) is 0 Å². The van der Waals surface area contributed by atoms with Crippen LogP contribution in [0, 0.1) is 0 Å². The first-order valence-electron chi connectivity index (χ1n) is 4.87. The molecule has 2 aromatic rings. The third-order valence-electron chi connectivity index (χ3n) is 2.32. The molecule has 0 amide bonds. The van der Waals surface area contributed by atoms with E-state index in [-0.39, 0.29) is 17.8 Å². The van der Waals surface area contributed by atoms with Crippen molar-refractivity contribution in [3.63, 3.8) is 0 Å². The van der Waals surface area contributed by atoms with Crippen LogP contribution >= 0.6 is 11.6 Å². The van der Waals surface area contributed by atoms with E-state index in [1.807, 2.05) is 0 Å². The molecule has 3 nitrogen and oxygen atoms in total. The molecule has 0 aliphatic carbocycles. The first-order valence-corrected chi connectivity index (χ1v) is 5.25. The van der Waals surface area contributed by atoms with Gasteiger partial charge in [0.1, 0.15) is 5.78 Å². The Balaban J connectivity index is 2.64. The van der Waals surface area contributed by atoms with Gasteiger partial charge in [-0.15, -0.1) is 0 Å². The zero-order valence-corrected chi connectivity index (χ0v) is 9.47. The van der Waals surface area contributed by atoms with Crippen LogP contribution in [0.25, 0.3) is 10.9 Å². The third kappa shape index (κ3) is 2.14. The molecule has 0 aliphatic rings. The van der Waals surface area contributed by atoms with Crippen LogP contribution in [0.5, 0.6) is 0 Å². The lowest BCUT2D eigenvalue weighted by atomic mass is 10.1. The molecule has 0 saturated heterocycles. The Morgan fingerprint density at radius 3 is 2.81 bits per heavy atom. The number of nitrogens with one attached hydrogen (secondary N) is 1. The van der Waals surface area contributed by atoms with Gasteiger partial charge in [-0.1, -0.05) is 11.6 Å². The molecule has 16 heavy (non-hydrogen) atoms. The van der Waals surface area contributed by atoms with E-state index in [1.165, 1.54) is 6.92 Å². The van der Waals surface area contributed by atoms with Gasteiger partial charge in [0.25, 0.3) is 5.56 Å². The van der Waals surface area contributed by atoms with E-state index < -0.39 is 0 Å². The number of aromatic amines is 1. The topological polar surface area (TPSA) is 49.9 Å². The van der Waals surface area contributed by atoms with Crippen LogP contribution in [0.1, 0.15) is 12.5 Å². The van der Waals surface area contributed by atoms with Crippen molar-refractivity contribution in [3.05, 3.63) is 45.2 Å². The molecular weight excluding hydrogens is 226 g/mol. The van der Waals surface area contributed by atoms with Gasteiger partial charge >= 0.3 is 0 Å². The normalized spacial score (nSPS) is 10.6. The molecule has 0 bridgehead atoms. The molecule has 82 valence electrons. The Bertz CT molecular complexity index is 616. The number of fused-ring (bicyclic) bond motifs is 1. The van der Waals surface area contributed by atoms with Crippen molar-refractivity contribution in [2.75, 3.05) is 0 Å². The number of Topliss-reactive ketones (excluding diaryl/α,β-unsaturated/α-hetero) is 1. The smallest absolute Gasteiger partial charge is 0.252 e. The van der Waals surface area contributed by atoms with Crippen molar-refractivity contribution in [2.24, 2.45) is 0 Å². The lowest BCUT2D eigenvalue weighted by Crippen LogP contribution is -2.14. The summed E-state index contributed by atoms with van der Waals surface area (Å²) in [5.41, 5.74) is 0.981. The Labute approximate surface area is 97.1 Å². The number of H-pyrrole nitrogens is 1. The predicted octanol–water partition coefficient (Wildman–Crippen LogP) is 2.31. The fourth-order valence-electron chi connectivity index (χ4n) is 1.62. The second-order valence-corrected chi connectivity index (χ2v) is 4.17. The van der Waals surface area contributed by atoms with Crippen molar-refractivity contribution in [1.82, 2.24) is 4.98 Å². The van der Waals surface area contributed by atoms with E-state index in [2.05, 4.69) is 4.98 Å². The molecule has 0 radical (unpaired) electrons. The molecule has 1 aromatic heterocycles. The van der Waals surface area contributed by atoms with E-state index in [1.54, 1.807) is 24.3 Å². The summed E-state index contributed by atoms with van der Waals surface area (Å²) in [6, 6.07) is 6.93. The van der Waals surface area contributed by atoms with E-state index in [0.717, 1.165) is 10.9 Å². The molecule has 0 spiro atoms. The highest BCUT2D eigenvalue weighted by atomic mass is 35.5. The van der Waals surface area contributed by atoms with Crippen LogP contribution in [0.3, 0.4) is 0 Å². The van der Waals surface area contributed by atoms with Crippen LogP contribution in [-0.2, 0) is 11.2 Å². The third-order valence-corrected chi connectivity index (χ3v) is 2.56. The Morgan fingerprint density at radius 2 is 2.12 bits per heavy atom. The number of pyridine rings is 1. The number of ketones is 1. The summed E-state index contributed by atoms with van der Waals surface area (Å²) in [6.07, 6.45) is 0.151. The van der Waals surface area contributed by atoms with Gasteiger partial charge in [0, 0.05) is 22.5 Å². The summed E-state index contributed by atoms with van der Waals surface area (Å²) in [5, 5.41) is 1.44. The highest BCUT2D eigenvalue weighted by Crippen LogP contribution is 2.17. The number of carbonyl (C=O) groups is 1. The van der Waals surface area contributed by atoms with Crippen molar-refractivity contribution in [3.8, 4) is 0 Å². The highest BCUT2D eigenvalue weighted by Gasteiger charge is 2.05. The van der Waals surface area contributed by atoms with E-state index in [0.29, 0.717) is 10.6 Å². The second-order valence-electron chi connectivity index (χ2n) is 3.73. The van der Waals surface area contributed by atoms with E-state index >= 15 is 0 Å². The van der Waals surface area contributed by atoms with Crippen molar-refractivity contribution < 1.29 is 4.79 Å². The molecule has 2 rings (SSSR count). The molecule has 0 aliphatic heterocycles. The zero-order chi connectivity index (χ0) is 11.7. The number of aromatic nitrogens is 1. The molecule has 0 fully saturated rings. The van der Waals surface area contributed by atoms with Gasteiger partial charge in [0.15, 0.2) is 0 Å². The highest BCUT2D eigenvalue weighted by molar-refractivity contribution is 6.31. The van der Waals surface area contributed by atoms with Gasteiger partial charge in [-0.05, 0) is 36.6 Å². The van der Waals surface area contributed by atoms with Gasteiger partial charge in [-0.2, -0.15) is 0 Å². The molecule has 0 atom stereocenters. The maximum absolute atomic E-state index is 11.6. The summed E-state index contributed by atoms with van der Waals surface area (Å²) in [5.74, 6) is -0.0353. The average Bonchev–Trinajstić information content (AvgIpc) is 2.19. The molecular formula is C12H10ClNO2. The first-order chi connectivity index (χ1) is 7.56. The van der Waals surface area contributed by atoms with Gasteiger partial charge in [0.2, 0.25) is 0 Å². The lowest BCUT2D eigenvalue weighted by Gasteiger charge is -2.01. The second kappa shape index (κ2) is 4.10. The fourth-order valence-corrected chi connectivity index (χ4v) is 1.80. The molecule has 0 saturated carbocycles. The summed E-state index contributed by atoms with van der Waals surface area (Å²) in [7, 11) is 0. The van der Waals surface area contributed by atoms with Gasteiger partial charge < -0.3 is 4.98 Å². The minimum Gasteiger partial charge on any atom is -0.322 e. The lowest BCUT2D eigenvalue weighted by molar-refractivity contribution is -0.116. The first kappa shape index (κ1) is 10.9. The average molecular weight is 236 g/mol. The van der Waals surface area contributed by atoms with Crippen LogP contribution in [-0.4, -0.2) is 10.8 Å². The fraction of sp³-hybridized carbons (Fsp3) is 0.167. The molecule has 4 heteroatoms. The number of rotatable bonds is 2.